The number of hydrogen-bond donors (Lipinski definition) is 1. The molecule has 0 aliphatic carbocycles. The van der Waals surface area contributed by atoms with Crippen molar-refractivity contribution in [3.05, 3.63) is 33.8 Å². The summed E-state index contributed by atoms with van der Waals surface area (Å²) in [5.41, 5.74) is 1.57. The van der Waals surface area contributed by atoms with Crippen molar-refractivity contribution in [2.75, 3.05) is 0 Å². The average Bonchev–Trinajstić information content (AvgIpc) is 2.06. The van der Waals surface area contributed by atoms with Crippen LogP contribution in [0.4, 0.5) is 0 Å². The Balaban J connectivity index is 2.88. The zero-order chi connectivity index (χ0) is 11.6. The van der Waals surface area contributed by atoms with Gasteiger partial charge < -0.3 is 5.32 Å². The normalized spacial score (nSPS) is 11.3. The molecule has 1 amide bonds. The van der Waals surface area contributed by atoms with Gasteiger partial charge in [0.1, 0.15) is 0 Å². The Morgan fingerprint density at radius 1 is 1.33 bits per heavy atom. The van der Waals surface area contributed by atoms with E-state index in [0.29, 0.717) is 5.56 Å². The van der Waals surface area contributed by atoms with Crippen LogP contribution in [0.1, 0.15) is 36.7 Å². The van der Waals surface area contributed by atoms with Gasteiger partial charge in [-0.1, -0.05) is 15.9 Å². The summed E-state index contributed by atoms with van der Waals surface area (Å²) in [6, 6.07) is 5.59. The quantitative estimate of drug-likeness (QED) is 0.833. The van der Waals surface area contributed by atoms with Crippen LogP contribution in [0.3, 0.4) is 0 Å². The van der Waals surface area contributed by atoms with E-state index in [1.165, 1.54) is 0 Å². The van der Waals surface area contributed by atoms with Crippen LogP contribution >= 0.6 is 15.9 Å². The molecule has 0 aliphatic rings. The zero-order valence-corrected chi connectivity index (χ0v) is 11.1. The van der Waals surface area contributed by atoms with Crippen molar-refractivity contribution in [1.82, 2.24) is 5.32 Å². The Morgan fingerprint density at radius 2 is 1.93 bits per heavy atom. The molecule has 82 valence electrons. The molecule has 0 spiro atoms. The SMILES string of the molecule is Cc1cc(C(=O)NC(C)(C)C)ccc1Br. The largest absolute Gasteiger partial charge is 0.347 e. The molecular formula is C12H16BrNO. The number of carbonyl (C=O) groups is 1. The molecule has 0 aliphatic heterocycles. The van der Waals surface area contributed by atoms with E-state index in [1.54, 1.807) is 0 Å². The van der Waals surface area contributed by atoms with Gasteiger partial charge in [0.2, 0.25) is 0 Å². The van der Waals surface area contributed by atoms with Crippen LogP contribution < -0.4 is 5.32 Å². The van der Waals surface area contributed by atoms with Gasteiger partial charge in [0.15, 0.2) is 0 Å². The molecule has 0 saturated carbocycles. The number of amides is 1. The molecule has 1 rings (SSSR count). The highest BCUT2D eigenvalue weighted by Crippen LogP contribution is 2.17. The minimum atomic E-state index is -0.196. The molecule has 0 heterocycles. The first-order valence-corrected chi connectivity index (χ1v) is 5.67. The van der Waals surface area contributed by atoms with Gasteiger partial charge >= 0.3 is 0 Å². The van der Waals surface area contributed by atoms with E-state index in [1.807, 2.05) is 45.9 Å². The van der Waals surface area contributed by atoms with Crippen LogP contribution in [0.2, 0.25) is 0 Å². The minimum Gasteiger partial charge on any atom is -0.347 e. The monoisotopic (exact) mass is 269 g/mol. The topological polar surface area (TPSA) is 29.1 Å². The van der Waals surface area contributed by atoms with Crippen molar-refractivity contribution in [3.8, 4) is 0 Å². The van der Waals surface area contributed by atoms with Crippen LogP contribution in [0.5, 0.6) is 0 Å². The predicted octanol–water partition coefficient (Wildman–Crippen LogP) is 3.29. The summed E-state index contributed by atoms with van der Waals surface area (Å²) in [5.74, 6) is -0.0295. The molecule has 2 nitrogen and oxygen atoms in total. The van der Waals surface area contributed by atoms with E-state index in [0.717, 1.165) is 10.0 Å². The Hall–Kier alpha value is -0.830. The summed E-state index contributed by atoms with van der Waals surface area (Å²) >= 11 is 3.41. The molecular weight excluding hydrogens is 254 g/mol. The summed E-state index contributed by atoms with van der Waals surface area (Å²) in [5, 5.41) is 2.93. The van der Waals surface area contributed by atoms with E-state index in [9.17, 15) is 4.79 Å². The fraction of sp³-hybridized carbons (Fsp3) is 0.417. The lowest BCUT2D eigenvalue weighted by Gasteiger charge is -2.20. The average molecular weight is 270 g/mol. The van der Waals surface area contributed by atoms with Gasteiger partial charge in [0, 0.05) is 15.6 Å². The third-order valence-electron chi connectivity index (χ3n) is 1.91. The molecule has 1 N–H and O–H groups in total. The van der Waals surface area contributed by atoms with E-state index in [-0.39, 0.29) is 11.4 Å². The number of halogens is 1. The van der Waals surface area contributed by atoms with E-state index in [4.69, 9.17) is 0 Å². The molecule has 0 atom stereocenters. The van der Waals surface area contributed by atoms with Crippen LogP contribution in [0, 0.1) is 6.92 Å². The van der Waals surface area contributed by atoms with Crippen molar-refractivity contribution >= 4 is 21.8 Å². The molecule has 0 unspecified atom stereocenters. The van der Waals surface area contributed by atoms with Crippen LogP contribution in [-0.2, 0) is 0 Å². The molecule has 3 heteroatoms. The zero-order valence-electron chi connectivity index (χ0n) is 9.52. The smallest absolute Gasteiger partial charge is 0.251 e. The first-order chi connectivity index (χ1) is 6.79. The summed E-state index contributed by atoms with van der Waals surface area (Å²) in [4.78, 5) is 11.8. The molecule has 0 radical (unpaired) electrons. The molecule has 1 aromatic rings. The lowest BCUT2D eigenvalue weighted by molar-refractivity contribution is 0.0919. The molecule has 0 saturated heterocycles. The van der Waals surface area contributed by atoms with E-state index >= 15 is 0 Å². The fourth-order valence-electron chi connectivity index (χ4n) is 1.20. The molecule has 0 aromatic heterocycles. The second-order valence-electron chi connectivity index (χ2n) is 4.67. The maximum absolute atomic E-state index is 11.8. The Morgan fingerprint density at radius 3 is 2.40 bits per heavy atom. The summed E-state index contributed by atoms with van der Waals surface area (Å²) in [6.45, 7) is 7.88. The summed E-state index contributed by atoms with van der Waals surface area (Å²) < 4.78 is 1.02. The van der Waals surface area contributed by atoms with Gasteiger partial charge in [-0.05, 0) is 51.5 Å². The van der Waals surface area contributed by atoms with Crippen LogP contribution in [-0.4, -0.2) is 11.4 Å². The lowest BCUT2D eigenvalue weighted by Crippen LogP contribution is -2.40. The number of benzene rings is 1. The van der Waals surface area contributed by atoms with E-state index in [2.05, 4.69) is 21.2 Å². The summed E-state index contributed by atoms with van der Waals surface area (Å²) in [7, 11) is 0. The van der Waals surface area contributed by atoms with Crippen molar-refractivity contribution in [2.45, 2.75) is 33.2 Å². The van der Waals surface area contributed by atoms with Gasteiger partial charge in [-0.3, -0.25) is 4.79 Å². The summed E-state index contributed by atoms with van der Waals surface area (Å²) in [6.07, 6.45) is 0. The molecule has 0 bridgehead atoms. The van der Waals surface area contributed by atoms with Gasteiger partial charge in [-0.25, -0.2) is 0 Å². The second-order valence-corrected chi connectivity index (χ2v) is 5.52. The minimum absolute atomic E-state index is 0.0295. The van der Waals surface area contributed by atoms with Crippen molar-refractivity contribution in [3.63, 3.8) is 0 Å². The Kier molecular flexibility index (Phi) is 3.55. The Bertz CT molecular complexity index is 380. The van der Waals surface area contributed by atoms with Crippen molar-refractivity contribution in [1.29, 1.82) is 0 Å². The highest BCUT2D eigenvalue weighted by atomic mass is 79.9. The van der Waals surface area contributed by atoms with Crippen molar-refractivity contribution in [2.24, 2.45) is 0 Å². The van der Waals surface area contributed by atoms with Crippen LogP contribution in [0.25, 0.3) is 0 Å². The number of hydrogen-bond acceptors (Lipinski definition) is 1. The molecule has 1 aromatic carbocycles. The van der Waals surface area contributed by atoms with Gasteiger partial charge in [-0.15, -0.1) is 0 Å². The number of nitrogens with one attached hydrogen (secondary N) is 1. The third kappa shape index (κ3) is 3.67. The first kappa shape index (κ1) is 12.2. The maximum Gasteiger partial charge on any atom is 0.251 e. The maximum atomic E-state index is 11.8. The molecule has 15 heavy (non-hydrogen) atoms. The highest BCUT2D eigenvalue weighted by molar-refractivity contribution is 9.10. The first-order valence-electron chi connectivity index (χ1n) is 4.88. The number of rotatable bonds is 1. The lowest BCUT2D eigenvalue weighted by atomic mass is 10.1. The fourth-order valence-corrected chi connectivity index (χ4v) is 1.45. The second kappa shape index (κ2) is 4.35. The Labute approximate surface area is 99.2 Å². The molecule has 0 fully saturated rings. The highest BCUT2D eigenvalue weighted by Gasteiger charge is 2.15. The van der Waals surface area contributed by atoms with Gasteiger partial charge in [0.25, 0.3) is 5.91 Å². The van der Waals surface area contributed by atoms with Gasteiger partial charge in [-0.2, -0.15) is 0 Å². The standard InChI is InChI=1S/C12H16BrNO/c1-8-7-9(5-6-10(8)13)11(15)14-12(2,3)4/h5-7H,1-4H3,(H,14,15). The van der Waals surface area contributed by atoms with Gasteiger partial charge in [0.05, 0.1) is 0 Å². The predicted molar refractivity (Wildman–Crippen MR) is 66.1 cm³/mol. The number of aryl methyl sites for hydroxylation is 1. The van der Waals surface area contributed by atoms with Crippen LogP contribution in [0.15, 0.2) is 22.7 Å². The third-order valence-corrected chi connectivity index (χ3v) is 2.80. The van der Waals surface area contributed by atoms with Crippen molar-refractivity contribution < 1.29 is 4.79 Å². The van der Waals surface area contributed by atoms with E-state index < -0.39 is 0 Å². The number of carbonyl (C=O) groups excluding carboxylic acids is 1.